The van der Waals surface area contributed by atoms with Crippen molar-refractivity contribution < 1.29 is 19.1 Å². The summed E-state index contributed by atoms with van der Waals surface area (Å²) < 4.78 is 4.99. The van der Waals surface area contributed by atoms with Gasteiger partial charge in [0.25, 0.3) is 0 Å². The molecule has 5 nitrogen and oxygen atoms in total. The van der Waals surface area contributed by atoms with Crippen LogP contribution in [0.4, 0.5) is 5.00 Å². The predicted molar refractivity (Wildman–Crippen MR) is 78.5 cm³/mol. The van der Waals surface area contributed by atoms with Crippen molar-refractivity contribution in [3.05, 3.63) is 16.0 Å². The Morgan fingerprint density at radius 2 is 1.90 bits per heavy atom. The predicted octanol–water partition coefficient (Wildman–Crippen LogP) is 3.03. The number of esters is 1. The maximum absolute atomic E-state index is 12.0. The van der Waals surface area contributed by atoms with E-state index in [2.05, 4.69) is 5.32 Å². The van der Waals surface area contributed by atoms with Crippen LogP contribution in [0.15, 0.2) is 0 Å². The van der Waals surface area contributed by atoms with Gasteiger partial charge in [-0.1, -0.05) is 13.8 Å². The molecule has 0 bridgehead atoms. The van der Waals surface area contributed by atoms with Crippen molar-refractivity contribution in [1.29, 1.82) is 0 Å². The monoisotopic (exact) mass is 297 g/mol. The van der Waals surface area contributed by atoms with E-state index in [0.29, 0.717) is 15.4 Å². The Balaban J connectivity index is 3.27. The maximum atomic E-state index is 12.0. The first kappa shape index (κ1) is 16.4. The minimum absolute atomic E-state index is 0.136. The molecule has 1 amide bonds. The first-order valence-electron chi connectivity index (χ1n) is 6.41. The van der Waals surface area contributed by atoms with Gasteiger partial charge in [-0.05, 0) is 26.3 Å². The minimum Gasteiger partial charge on any atom is -0.462 e. The normalized spacial score (nSPS) is 10.5. The smallest absolute Gasteiger partial charge is 0.341 e. The van der Waals surface area contributed by atoms with E-state index in [1.165, 1.54) is 6.92 Å². The van der Waals surface area contributed by atoms with Gasteiger partial charge in [0, 0.05) is 5.92 Å². The average molecular weight is 297 g/mol. The Hall–Kier alpha value is -1.69. The van der Waals surface area contributed by atoms with Gasteiger partial charge in [0.1, 0.15) is 5.00 Å². The van der Waals surface area contributed by atoms with Gasteiger partial charge in [0.05, 0.1) is 17.0 Å². The van der Waals surface area contributed by atoms with Crippen molar-refractivity contribution >= 4 is 34.0 Å². The van der Waals surface area contributed by atoms with Crippen molar-refractivity contribution in [2.75, 3.05) is 11.9 Å². The van der Waals surface area contributed by atoms with E-state index >= 15 is 0 Å². The number of hydrogen-bond acceptors (Lipinski definition) is 5. The quantitative estimate of drug-likeness (QED) is 0.669. The van der Waals surface area contributed by atoms with Crippen molar-refractivity contribution in [2.45, 2.75) is 34.6 Å². The van der Waals surface area contributed by atoms with Crippen LogP contribution in [0.1, 0.15) is 53.3 Å². The molecule has 6 heteroatoms. The molecule has 0 aromatic carbocycles. The topological polar surface area (TPSA) is 72.5 Å². The summed E-state index contributed by atoms with van der Waals surface area (Å²) in [6.45, 7) is 8.57. The number of carbonyl (C=O) groups is 3. The summed E-state index contributed by atoms with van der Waals surface area (Å²) >= 11 is 1.11. The maximum Gasteiger partial charge on any atom is 0.341 e. The van der Waals surface area contributed by atoms with E-state index < -0.39 is 5.97 Å². The molecule has 0 aliphatic heterocycles. The number of hydrogen-bond donors (Lipinski definition) is 1. The zero-order chi connectivity index (χ0) is 15.4. The largest absolute Gasteiger partial charge is 0.462 e. The SMILES string of the molecule is CCOC(=O)c1c(NC(=O)C(C)C)sc(C(C)=O)c1C. The molecule has 0 saturated heterocycles. The van der Waals surface area contributed by atoms with Crippen molar-refractivity contribution in [1.82, 2.24) is 0 Å². The summed E-state index contributed by atoms with van der Waals surface area (Å²) in [6, 6.07) is 0. The van der Waals surface area contributed by atoms with E-state index in [1.807, 2.05) is 0 Å². The molecule has 1 aromatic rings. The molecule has 0 unspecified atom stereocenters. The molecule has 110 valence electrons. The van der Waals surface area contributed by atoms with Crippen LogP contribution in [-0.4, -0.2) is 24.3 Å². The summed E-state index contributed by atoms with van der Waals surface area (Å²) in [5, 5.41) is 3.07. The fourth-order valence-corrected chi connectivity index (χ4v) is 2.74. The Morgan fingerprint density at radius 3 is 2.35 bits per heavy atom. The number of ether oxygens (including phenoxy) is 1. The molecule has 1 aromatic heterocycles. The lowest BCUT2D eigenvalue weighted by Gasteiger charge is -2.08. The Bertz CT molecular complexity index is 546. The van der Waals surface area contributed by atoms with E-state index in [9.17, 15) is 14.4 Å². The molecule has 0 saturated carbocycles. The van der Waals surface area contributed by atoms with E-state index in [4.69, 9.17) is 4.74 Å². The van der Waals surface area contributed by atoms with Gasteiger partial charge in [-0.3, -0.25) is 9.59 Å². The van der Waals surface area contributed by atoms with Gasteiger partial charge in [-0.15, -0.1) is 11.3 Å². The number of anilines is 1. The number of ketones is 1. The number of rotatable bonds is 5. The molecule has 1 heterocycles. The first-order chi connectivity index (χ1) is 9.29. The third-order valence-electron chi connectivity index (χ3n) is 2.71. The van der Waals surface area contributed by atoms with Crippen LogP contribution in [0.2, 0.25) is 0 Å². The van der Waals surface area contributed by atoms with Crippen molar-refractivity contribution in [3.8, 4) is 0 Å². The van der Waals surface area contributed by atoms with Crippen LogP contribution < -0.4 is 5.32 Å². The number of amides is 1. The summed E-state index contributed by atoms with van der Waals surface area (Å²) in [4.78, 5) is 35.8. The number of carbonyl (C=O) groups excluding carboxylic acids is 3. The molecule has 1 rings (SSSR count). The van der Waals surface area contributed by atoms with Crippen LogP contribution in [0.25, 0.3) is 0 Å². The van der Waals surface area contributed by atoms with E-state index in [1.54, 1.807) is 27.7 Å². The lowest BCUT2D eigenvalue weighted by molar-refractivity contribution is -0.118. The second-order valence-corrected chi connectivity index (χ2v) is 5.70. The molecular formula is C14H19NO4S. The molecule has 0 aliphatic carbocycles. The van der Waals surface area contributed by atoms with Crippen LogP contribution in [0, 0.1) is 12.8 Å². The lowest BCUT2D eigenvalue weighted by Crippen LogP contribution is -2.19. The van der Waals surface area contributed by atoms with Crippen LogP contribution in [0.3, 0.4) is 0 Å². The Kier molecular flexibility index (Phi) is 5.44. The number of Topliss-reactive ketones (excluding diaryl/α,β-unsaturated/α-hetero) is 1. The van der Waals surface area contributed by atoms with Crippen LogP contribution >= 0.6 is 11.3 Å². The summed E-state index contributed by atoms with van der Waals surface area (Å²) in [7, 11) is 0. The van der Waals surface area contributed by atoms with Gasteiger partial charge in [0.2, 0.25) is 5.91 Å². The highest BCUT2D eigenvalue weighted by Gasteiger charge is 2.25. The second kappa shape index (κ2) is 6.65. The number of thiophene rings is 1. The molecule has 0 atom stereocenters. The summed E-state index contributed by atoms with van der Waals surface area (Å²) in [6.07, 6.45) is 0. The fraction of sp³-hybridized carbons (Fsp3) is 0.500. The molecule has 20 heavy (non-hydrogen) atoms. The fourth-order valence-electron chi connectivity index (χ4n) is 1.64. The van der Waals surface area contributed by atoms with E-state index in [0.717, 1.165) is 11.3 Å². The minimum atomic E-state index is -0.521. The molecule has 0 fully saturated rings. The standard InChI is InChI=1S/C14H19NO4S/c1-6-19-14(18)10-8(4)11(9(5)16)20-13(10)15-12(17)7(2)3/h7H,6H2,1-5H3,(H,15,17). The van der Waals surface area contributed by atoms with Gasteiger partial charge in [-0.25, -0.2) is 4.79 Å². The van der Waals surface area contributed by atoms with Crippen LogP contribution in [-0.2, 0) is 9.53 Å². The first-order valence-corrected chi connectivity index (χ1v) is 7.23. The highest BCUT2D eigenvalue weighted by atomic mass is 32.1. The zero-order valence-corrected chi connectivity index (χ0v) is 13.1. The summed E-state index contributed by atoms with van der Waals surface area (Å²) in [5.41, 5.74) is 0.830. The third kappa shape index (κ3) is 3.45. The van der Waals surface area contributed by atoms with Gasteiger partial charge in [-0.2, -0.15) is 0 Å². The Morgan fingerprint density at radius 1 is 1.30 bits per heavy atom. The molecule has 1 N–H and O–H groups in total. The highest BCUT2D eigenvalue weighted by Crippen LogP contribution is 2.34. The van der Waals surface area contributed by atoms with Gasteiger partial charge in [0.15, 0.2) is 5.78 Å². The lowest BCUT2D eigenvalue weighted by atomic mass is 10.1. The van der Waals surface area contributed by atoms with Crippen molar-refractivity contribution in [3.63, 3.8) is 0 Å². The highest BCUT2D eigenvalue weighted by molar-refractivity contribution is 7.18. The molecule has 0 aliphatic rings. The number of nitrogens with one attached hydrogen (secondary N) is 1. The molecule has 0 radical (unpaired) electrons. The molecular weight excluding hydrogens is 278 g/mol. The van der Waals surface area contributed by atoms with Crippen molar-refractivity contribution in [2.24, 2.45) is 5.92 Å². The summed E-state index contributed by atoms with van der Waals surface area (Å²) in [5.74, 6) is -1.07. The zero-order valence-electron chi connectivity index (χ0n) is 12.3. The van der Waals surface area contributed by atoms with E-state index in [-0.39, 0.29) is 29.8 Å². The molecule has 0 spiro atoms. The van der Waals surface area contributed by atoms with Crippen LogP contribution in [0.5, 0.6) is 0 Å². The van der Waals surface area contributed by atoms with Gasteiger partial charge < -0.3 is 10.1 Å². The third-order valence-corrected chi connectivity index (χ3v) is 4.02. The average Bonchev–Trinajstić information content (AvgIpc) is 2.66. The second-order valence-electron chi connectivity index (χ2n) is 4.68. The van der Waals surface area contributed by atoms with Gasteiger partial charge >= 0.3 is 5.97 Å². The Labute approximate surface area is 122 Å².